The molecule has 17 heavy (non-hydrogen) atoms. The molecule has 2 atom stereocenters. The van der Waals surface area contributed by atoms with Crippen molar-refractivity contribution in [2.75, 3.05) is 6.54 Å². The number of guanidine groups is 1. The molecule has 1 aliphatic rings. The van der Waals surface area contributed by atoms with E-state index in [2.05, 4.69) is 17.2 Å². The first-order valence-corrected chi connectivity index (χ1v) is 6.03. The molecule has 3 nitrogen and oxygen atoms in total. The Morgan fingerprint density at radius 2 is 2.29 bits per heavy atom. The Morgan fingerprint density at radius 1 is 1.53 bits per heavy atom. The predicted octanol–water partition coefficient (Wildman–Crippen LogP) is 2.00. The van der Waals surface area contributed by atoms with E-state index in [-0.39, 0.29) is 17.8 Å². The molecule has 3 N–H and O–H groups in total. The number of hydrogen-bond donors (Lipinski definition) is 2. The second-order valence-corrected chi connectivity index (χ2v) is 4.38. The molecule has 1 saturated carbocycles. The topological polar surface area (TPSA) is 50.4 Å². The minimum absolute atomic E-state index is 0.133. The Kier molecular flexibility index (Phi) is 3.61. The van der Waals surface area contributed by atoms with Gasteiger partial charge in [-0.05, 0) is 24.5 Å². The quantitative estimate of drug-likeness (QED) is 0.619. The number of benzene rings is 1. The summed E-state index contributed by atoms with van der Waals surface area (Å²) in [7, 11) is 0. The molecule has 1 aromatic rings. The van der Waals surface area contributed by atoms with Crippen LogP contribution in [0.3, 0.4) is 0 Å². The van der Waals surface area contributed by atoms with Crippen LogP contribution in [0.15, 0.2) is 29.3 Å². The highest BCUT2D eigenvalue weighted by Crippen LogP contribution is 2.41. The molecule has 0 spiro atoms. The Hall–Kier alpha value is -1.58. The normalized spacial score (nSPS) is 23.5. The van der Waals surface area contributed by atoms with E-state index in [9.17, 15) is 4.39 Å². The Balaban J connectivity index is 1.91. The van der Waals surface area contributed by atoms with Gasteiger partial charge in [0.25, 0.3) is 0 Å². The fourth-order valence-electron chi connectivity index (χ4n) is 1.94. The van der Waals surface area contributed by atoms with Gasteiger partial charge in [-0.3, -0.25) is 4.99 Å². The second-order valence-electron chi connectivity index (χ2n) is 4.38. The average molecular weight is 235 g/mol. The van der Waals surface area contributed by atoms with Crippen molar-refractivity contribution < 1.29 is 4.39 Å². The molecule has 92 valence electrons. The van der Waals surface area contributed by atoms with Crippen LogP contribution in [0, 0.1) is 5.82 Å². The molecule has 0 heterocycles. The van der Waals surface area contributed by atoms with Gasteiger partial charge in [0.15, 0.2) is 5.96 Å². The minimum atomic E-state index is -0.133. The van der Waals surface area contributed by atoms with Crippen molar-refractivity contribution >= 4 is 5.96 Å². The van der Waals surface area contributed by atoms with Crippen LogP contribution in [-0.2, 0) is 0 Å². The largest absolute Gasteiger partial charge is 0.370 e. The maximum absolute atomic E-state index is 13.5. The summed E-state index contributed by atoms with van der Waals surface area (Å²) in [5.41, 5.74) is 6.50. The van der Waals surface area contributed by atoms with Crippen molar-refractivity contribution in [2.45, 2.75) is 31.7 Å². The van der Waals surface area contributed by atoms with E-state index < -0.39 is 0 Å². The van der Waals surface area contributed by atoms with Gasteiger partial charge in [-0.15, -0.1) is 0 Å². The summed E-state index contributed by atoms with van der Waals surface area (Å²) in [6, 6.07) is 7.14. The average Bonchev–Trinajstić information content (AvgIpc) is 3.06. The first kappa shape index (κ1) is 11.9. The fraction of sp³-hybridized carbons (Fsp3) is 0.462. The lowest BCUT2D eigenvalue weighted by atomic mass is 10.1. The van der Waals surface area contributed by atoms with Crippen molar-refractivity contribution in [3.05, 3.63) is 35.6 Å². The summed E-state index contributed by atoms with van der Waals surface area (Å²) in [6.45, 7) is 2.78. The first-order chi connectivity index (χ1) is 8.22. The van der Waals surface area contributed by atoms with Crippen molar-refractivity contribution in [2.24, 2.45) is 10.7 Å². The van der Waals surface area contributed by atoms with E-state index >= 15 is 0 Å². The van der Waals surface area contributed by atoms with E-state index in [1.807, 2.05) is 12.1 Å². The summed E-state index contributed by atoms with van der Waals surface area (Å²) in [5, 5.41) is 3.13. The fourth-order valence-corrected chi connectivity index (χ4v) is 1.94. The van der Waals surface area contributed by atoms with Crippen molar-refractivity contribution in [3.8, 4) is 0 Å². The third-order valence-electron chi connectivity index (χ3n) is 2.93. The number of nitrogens with zero attached hydrogens (tertiary/aromatic N) is 1. The van der Waals surface area contributed by atoms with Gasteiger partial charge in [-0.1, -0.05) is 25.1 Å². The van der Waals surface area contributed by atoms with Crippen LogP contribution in [0.2, 0.25) is 0 Å². The molecule has 0 bridgehead atoms. The van der Waals surface area contributed by atoms with E-state index in [0.29, 0.717) is 5.96 Å². The Labute approximate surface area is 101 Å². The number of nitrogens with one attached hydrogen (secondary N) is 1. The summed E-state index contributed by atoms with van der Waals surface area (Å²) >= 11 is 0. The monoisotopic (exact) mass is 235 g/mol. The molecular formula is C13H18FN3. The molecular weight excluding hydrogens is 217 g/mol. The molecule has 4 heteroatoms. The van der Waals surface area contributed by atoms with Gasteiger partial charge in [0.1, 0.15) is 5.82 Å². The lowest BCUT2D eigenvalue weighted by molar-refractivity contribution is 0.608. The van der Waals surface area contributed by atoms with Gasteiger partial charge in [-0.25, -0.2) is 4.39 Å². The third-order valence-corrected chi connectivity index (χ3v) is 2.93. The predicted molar refractivity (Wildman–Crippen MR) is 67.5 cm³/mol. The highest BCUT2D eigenvalue weighted by molar-refractivity contribution is 5.78. The molecule has 1 aliphatic carbocycles. The molecule has 0 aliphatic heterocycles. The lowest BCUT2D eigenvalue weighted by Crippen LogP contribution is -2.34. The van der Waals surface area contributed by atoms with Crippen LogP contribution in [0.4, 0.5) is 4.39 Å². The SMILES string of the molecule is CCCN=C(N)NC1CC1c1ccccc1F. The van der Waals surface area contributed by atoms with Crippen LogP contribution in [-0.4, -0.2) is 18.5 Å². The van der Waals surface area contributed by atoms with Gasteiger partial charge in [0, 0.05) is 18.5 Å². The summed E-state index contributed by atoms with van der Waals surface area (Å²) in [6.07, 6.45) is 1.90. The second kappa shape index (κ2) is 5.17. The maximum atomic E-state index is 13.5. The molecule has 0 saturated heterocycles. The first-order valence-electron chi connectivity index (χ1n) is 6.03. The highest BCUT2D eigenvalue weighted by Gasteiger charge is 2.40. The summed E-state index contributed by atoms with van der Waals surface area (Å²) in [4.78, 5) is 4.16. The van der Waals surface area contributed by atoms with Gasteiger partial charge in [-0.2, -0.15) is 0 Å². The van der Waals surface area contributed by atoms with Crippen LogP contribution >= 0.6 is 0 Å². The molecule has 2 rings (SSSR count). The summed E-state index contributed by atoms with van der Waals surface area (Å²) < 4.78 is 13.5. The zero-order valence-corrected chi connectivity index (χ0v) is 9.99. The molecule has 1 fully saturated rings. The molecule has 0 aromatic heterocycles. The Bertz CT molecular complexity index is 417. The van der Waals surface area contributed by atoms with Crippen LogP contribution in [0.25, 0.3) is 0 Å². The van der Waals surface area contributed by atoms with E-state index in [1.165, 1.54) is 6.07 Å². The Morgan fingerprint density at radius 3 is 3.00 bits per heavy atom. The molecule has 0 amide bonds. The third kappa shape index (κ3) is 2.96. The molecule has 1 aromatic carbocycles. The van der Waals surface area contributed by atoms with Gasteiger partial charge in [0.05, 0.1) is 0 Å². The standard InChI is InChI=1S/C13H18FN3/c1-2-7-16-13(15)17-12-8-10(12)9-5-3-4-6-11(9)14/h3-6,10,12H,2,7-8H2,1H3,(H3,15,16,17). The van der Waals surface area contributed by atoms with E-state index in [1.54, 1.807) is 6.07 Å². The number of hydrogen-bond acceptors (Lipinski definition) is 1. The van der Waals surface area contributed by atoms with Crippen molar-refractivity contribution in [1.29, 1.82) is 0 Å². The van der Waals surface area contributed by atoms with Crippen LogP contribution in [0.1, 0.15) is 31.2 Å². The lowest BCUT2D eigenvalue weighted by Gasteiger charge is -2.05. The van der Waals surface area contributed by atoms with Crippen LogP contribution in [0.5, 0.6) is 0 Å². The molecule has 0 radical (unpaired) electrons. The van der Waals surface area contributed by atoms with Crippen molar-refractivity contribution in [1.82, 2.24) is 5.32 Å². The highest BCUT2D eigenvalue weighted by atomic mass is 19.1. The van der Waals surface area contributed by atoms with Gasteiger partial charge < -0.3 is 11.1 Å². The van der Waals surface area contributed by atoms with Crippen LogP contribution < -0.4 is 11.1 Å². The van der Waals surface area contributed by atoms with Gasteiger partial charge >= 0.3 is 0 Å². The zero-order valence-electron chi connectivity index (χ0n) is 9.99. The number of rotatable bonds is 4. The number of nitrogens with two attached hydrogens (primary N) is 1. The molecule has 2 unspecified atom stereocenters. The smallest absolute Gasteiger partial charge is 0.188 e. The van der Waals surface area contributed by atoms with E-state index in [0.717, 1.165) is 24.9 Å². The summed E-state index contributed by atoms with van der Waals surface area (Å²) in [5.74, 6) is 0.563. The number of aliphatic imine (C=N–C) groups is 1. The maximum Gasteiger partial charge on any atom is 0.188 e. The number of halogens is 1. The minimum Gasteiger partial charge on any atom is -0.370 e. The van der Waals surface area contributed by atoms with Gasteiger partial charge in [0.2, 0.25) is 0 Å². The zero-order chi connectivity index (χ0) is 12.3. The van der Waals surface area contributed by atoms with Crippen molar-refractivity contribution in [3.63, 3.8) is 0 Å². The van der Waals surface area contributed by atoms with E-state index in [4.69, 9.17) is 5.73 Å².